The molecule has 0 saturated carbocycles. The SMILES string of the molecule is Cc1cc(O[C@@H](C)C(=O)O)c2c(-c3ccccc3)cc(=O)oc2c1. The van der Waals surface area contributed by atoms with E-state index in [1.807, 2.05) is 37.3 Å². The van der Waals surface area contributed by atoms with E-state index in [0.717, 1.165) is 11.1 Å². The Hall–Kier alpha value is -3.08. The van der Waals surface area contributed by atoms with E-state index in [2.05, 4.69) is 0 Å². The minimum Gasteiger partial charge on any atom is -0.479 e. The second kappa shape index (κ2) is 6.20. The molecule has 0 unspecified atom stereocenters. The van der Waals surface area contributed by atoms with Crippen molar-refractivity contribution in [2.75, 3.05) is 0 Å². The Morgan fingerprint density at radius 1 is 1.17 bits per heavy atom. The summed E-state index contributed by atoms with van der Waals surface area (Å²) in [6.07, 6.45) is -1.02. The summed E-state index contributed by atoms with van der Waals surface area (Å²) >= 11 is 0. The molecular weight excluding hydrogens is 308 g/mol. The number of hydrogen-bond donors (Lipinski definition) is 1. The van der Waals surface area contributed by atoms with Crippen LogP contribution in [0.1, 0.15) is 12.5 Å². The number of hydrogen-bond acceptors (Lipinski definition) is 4. The van der Waals surface area contributed by atoms with Crippen LogP contribution >= 0.6 is 0 Å². The van der Waals surface area contributed by atoms with Crippen LogP contribution in [0.5, 0.6) is 5.75 Å². The number of ether oxygens (including phenoxy) is 1. The summed E-state index contributed by atoms with van der Waals surface area (Å²) in [5, 5.41) is 9.70. The van der Waals surface area contributed by atoms with Crippen LogP contribution in [0.2, 0.25) is 0 Å². The molecule has 5 heteroatoms. The molecular formula is C19H16O5. The Kier molecular flexibility index (Phi) is 4.08. The van der Waals surface area contributed by atoms with Gasteiger partial charge in [-0.2, -0.15) is 0 Å². The average molecular weight is 324 g/mol. The van der Waals surface area contributed by atoms with Crippen LogP contribution in [0.15, 0.2) is 57.7 Å². The molecule has 0 aliphatic rings. The van der Waals surface area contributed by atoms with Crippen molar-refractivity contribution in [1.82, 2.24) is 0 Å². The fraction of sp³-hybridized carbons (Fsp3) is 0.158. The lowest BCUT2D eigenvalue weighted by Gasteiger charge is -2.15. The lowest BCUT2D eigenvalue weighted by Crippen LogP contribution is -2.23. The van der Waals surface area contributed by atoms with Gasteiger partial charge in [0.05, 0.1) is 5.39 Å². The van der Waals surface area contributed by atoms with E-state index in [0.29, 0.717) is 22.3 Å². The van der Waals surface area contributed by atoms with Gasteiger partial charge in [0.25, 0.3) is 0 Å². The van der Waals surface area contributed by atoms with Crippen molar-refractivity contribution in [3.8, 4) is 16.9 Å². The maximum atomic E-state index is 11.9. The molecule has 24 heavy (non-hydrogen) atoms. The van der Waals surface area contributed by atoms with Crippen molar-refractivity contribution in [1.29, 1.82) is 0 Å². The summed E-state index contributed by atoms with van der Waals surface area (Å²) in [4.78, 5) is 23.1. The topological polar surface area (TPSA) is 76.7 Å². The van der Waals surface area contributed by atoms with Gasteiger partial charge in [-0.05, 0) is 37.1 Å². The molecule has 1 atom stereocenters. The van der Waals surface area contributed by atoms with E-state index in [4.69, 9.17) is 14.3 Å². The van der Waals surface area contributed by atoms with E-state index in [1.54, 1.807) is 12.1 Å². The Morgan fingerprint density at radius 3 is 2.54 bits per heavy atom. The molecule has 122 valence electrons. The Morgan fingerprint density at radius 2 is 1.88 bits per heavy atom. The number of aryl methyl sites for hydroxylation is 1. The number of benzene rings is 2. The summed E-state index contributed by atoms with van der Waals surface area (Å²) < 4.78 is 10.9. The standard InChI is InChI=1S/C19H16O5/c1-11-8-15(23-12(2)19(21)22)18-14(13-6-4-3-5-7-13)10-17(20)24-16(18)9-11/h3-10,12H,1-2H3,(H,21,22)/t12-/m0/s1. The molecule has 0 bridgehead atoms. The Bertz CT molecular complexity index is 957. The number of aliphatic carboxylic acids is 1. The number of carboxylic acid groups (broad SMARTS) is 1. The minimum absolute atomic E-state index is 0.369. The lowest BCUT2D eigenvalue weighted by atomic mass is 10.0. The molecule has 0 fully saturated rings. The molecule has 0 saturated heterocycles. The largest absolute Gasteiger partial charge is 0.479 e. The fourth-order valence-corrected chi connectivity index (χ4v) is 2.57. The van der Waals surface area contributed by atoms with Gasteiger partial charge in [0.1, 0.15) is 11.3 Å². The number of rotatable bonds is 4. The zero-order chi connectivity index (χ0) is 17.3. The summed E-state index contributed by atoms with van der Waals surface area (Å²) in [6, 6.07) is 14.2. The quantitative estimate of drug-likeness (QED) is 0.742. The third-order valence-corrected chi connectivity index (χ3v) is 3.69. The highest BCUT2D eigenvalue weighted by atomic mass is 16.5. The van der Waals surface area contributed by atoms with Crippen LogP contribution in [-0.4, -0.2) is 17.2 Å². The first-order valence-electron chi connectivity index (χ1n) is 7.49. The summed E-state index contributed by atoms with van der Waals surface area (Å²) in [5.41, 5.74) is 2.18. The molecule has 2 aromatic carbocycles. The molecule has 1 aromatic heterocycles. The smallest absolute Gasteiger partial charge is 0.344 e. The van der Waals surface area contributed by atoms with Crippen LogP contribution in [0.4, 0.5) is 0 Å². The monoisotopic (exact) mass is 324 g/mol. The number of fused-ring (bicyclic) bond motifs is 1. The van der Waals surface area contributed by atoms with Crippen LogP contribution in [0.25, 0.3) is 22.1 Å². The summed E-state index contributed by atoms with van der Waals surface area (Å²) in [6.45, 7) is 3.28. The number of carboxylic acids is 1. The van der Waals surface area contributed by atoms with E-state index >= 15 is 0 Å². The van der Waals surface area contributed by atoms with Crippen LogP contribution in [0, 0.1) is 6.92 Å². The van der Waals surface area contributed by atoms with Crippen LogP contribution in [-0.2, 0) is 4.79 Å². The van der Waals surface area contributed by atoms with Gasteiger partial charge >= 0.3 is 11.6 Å². The van der Waals surface area contributed by atoms with Gasteiger partial charge in [0.2, 0.25) is 0 Å². The average Bonchev–Trinajstić information content (AvgIpc) is 2.54. The van der Waals surface area contributed by atoms with Gasteiger partial charge in [-0.3, -0.25) is 0 Å². The number of carbonyl (C=O) groups is 1. The van der Waals surface area contributed by atoms with Crippen molar-refractivity contribution in [2.45, 2.75) is 20.0 Å². The van der Waals surface area contributed by atoms with Crippen molar-refractivity contribution in [2.24, 2.45) is 0 Å². The zero-order valence-corrected chi connectivity index (χ0v) is 13.3. The molecule has 0 radical (unpaired) electrons. The van der Waals surface area contributed by atoms with Gasteiger partial charge in [-0.1, -0.05) is 30.3 Å². The molecule has 3 aromatic rings. The third-order valence-electron chi connectivity index (χ3n) is 3.69. The summed E-state index contributed by atoms with van der Waals surface area (Å²) in [5.74, 6) is -0.689. The Labute approximate surface area is 138 Å². The molecule has 0 aliphatic heterocycles. The van der Waals surface area contributed by atoms with Crippen LogP contribution < -0.4 is 10.4 Å². The fourth-order valence-electron chi connectivity index (χ4n) is 2.57. The molecule has 3 rings (SSSR count). The van der Waals surface area contributed by atoms with Crippen LogP contribution in [0.3, 0.4) is 0 Å². The second-order valence-electron chi connectivity index (χ2n) is 5.58. The molecule has 5 nitrogen and oxygen atoms in total. The minimum atomic E-state index is -1.07. The molecule has 0 aliphatic carbocycles. The Balaban J connectivity index is 2.31. The summed E-state index contributed by atoms with van der Waals surface area (Å²) in [7, 11) is 0. The van der Waals surface area contributed by atoms with Crippen molar-refractivity contribution >= 4 is 16.9 Å². The maximum Gasteiger partial charge on any atom is 0.344 e. The van der Waals surface area contributed by atoms with Gasteiger partial charge in [-0.15, -0.1) is 0 Å². The normalized spacial score (nSPS) is 12.1. The zero-order valence-electron chi connectivity index (χ0n) is 13.3. The molecule has 1 heterocycles. The van der Waals surface area contributed by atoms with Crippen molar-refractivity contribution in [3.63, 3.8) is 0 Å². The van der Waals surface area contributed by atoms with E-state index in [9.17, 15) is 9.59 Å². The molecule has 0 amide bonds. The van der Waals surface area contributed by atoms with E-state index < -0.39 is 17.7 Å². The first-order valence-corrected chi connectivity index (χ1v) is 7.49. The van der Waals surface area contributed by atoms with Gasteiger partial charge in [0, 0.05) is 11.6 Å². The third kappa shape index (κ3) is 3.01. The first kappa shape index (κ1) is 15.8. The highest BCUT2D eigenvalue weighted by Gasteiger charge is 2.18. The van der Waals surface area contributed by atoms with Crippen molar-refractivity contribution in [3.05, 3.63) is 64.5 Å². The predicted molar refractivity (Wildman–Crippen MR) is 90.4 cm³/mol. The maximum absolute atomic E-state index is 11.9. The highest BCUT2D eigenvalue weighted by Crippen LogP contribution is 2.35. The van der Waals surface area contributed by atoms with E-state index in [-0.39, 0.29) is 0 Å². The van der Waals surface area contributed by atoms with Gasteiger partial charge in [-0.25, -0.2) is 9.59 Å². The van der Waals surface area contributed by atoms with Crippen molar-refractivity contribution < 1.29 is 19.1 Å². The van der Waals surface area contributed by atoms with Gasteiger partial charge in [0.15, 0.2) is 6.10 Å². The highest BCUT2D eigenvalue weighted by molar-refractivity contribution is 5.98. The lowest BCUT2D eigenvalue weighted by molar-refractivity contribution is -0.144. The molecule has 0 spiro atoms. The van der Waals surface area contributed by atoms with Gasteiger partial charge < -0.3 is 14.3 Å². The second-order valence-corrected chi connectivity index (χ2v) is 5.58. The molecule has 1 N–H and O–H groups in total. The predicted octanol–water partition coefficient (Wildman–Crippen LogP) is 3.62. The van der Waals surface area contributed by atoms with E-state index in [1.165, 1.54) is 13.0 Å². The first-order chi connectivity index (χ1) is 11.5.